The number of hydrogen-bond acceptors (Lipinski definition) is 5. The SMILES string of the molecule is CC(NC(=O)c1ccccc1NC(=O)CN1CCCCC1C1OCCO1)c1ccccc1. The summed E-state index contributed by atoms with van der Waals surface area (Å²) in [4.78, 5) is 28.0. The molecule has 7 heteroatoms. The molecule has 2 heterocycles. The summed E-state index contributed by atoms with van der Waals surface area (Å²) in [5, 5.41) is 5.96. The first-order chi connectivity index (χ1) is 15.6. The summed E-state index contributed by atoms with van der Waals surface area (Å²) < 4.78 is 11.4. The van der Waals surface area contributed by atoms with E-state index in [1.165, 1.54) is 0 Å². The normalized spacial score (nSPS) is 20.6. The molecule has 0 bridgehead atoms. The number of benzene rings is 2. The Kier molecular flexibility index (Phi) is 7.52. The molecule has 170 valence electrons. The van der Waals surface area contributed by atoms with Crippen LogP contribution in [0, 0.1) is 0 Å². The summed E-state index contributed by atoms with van der Waals surface area (Å²) in [6.45, 7) is 4.22. The number of hydrogen-bond donors (Lipinski definition) is 2. The van der Waals surface area contributed by atoms with Crippen LogP contribution in [0.5, 0.6) is 0 Å². The maximum absolute atomic E-state index is 12.9. The first kappa shape index (κ1) is 22.5. The minimum atomic E-state index is -0.263. The topological polar surface area (TPSA) is 79.9 Å². The van der Waals surface area contributed by atoms with Crippen LogP contribution < -0.4 is 10.6 Å². The van der Waals surface area contributed by atoms with Crippen LogP contribution in [0.15, 0.2) is 54.6 Å². The Morgan fingerprint density at radius 2 is 1.75 bits per heavy atom. The quantitative estimate of drug-likeness (QED) is 0.695. The fraction of sp³-hybridized carbons (Fsp3) is 0.440. The van der Waals surface area contributed by atoms with Crippen LogP contribution in [0.3, 0.4) is 0 Å². The van der Waals surface area contributed by atoms with Crippen molar-refractivity contribution >= 4 is 17.5 Å². The van der Waals surface area contributed by atoms with Gasteiger partial charge in [-0.2, -0.15) is 0 Å². The van der Waals surface area contributed by atoms with Crippen LogP contribution in [-0.4, -0.2) is 55.3 Å². The highest BCUT2D eigenvalue weighted by Crippen LogP contribution is 2.24. The van der Waals surface area contributed by atoms with E-state index in [1.807, 2.05) is 43.3 Å². The van der Waals surface area contributed by atoms with Gasteiger partial charge in [0.1, 0.15) is 0 Å². The standard InChI is InChI=1S/C25H31N3O4/c1-18(19-9-3-2-4-10-19)26-24(30)20-11-5-6-12-21(20)27-23(29)17-28-14-8-7-13-22(28)25-31-15-16-32-25/h2-6,9-12,18,22,25H,7-8,13-17H2,1H3,(H,26,30)(H,27,29). The number of nitrogens with one attached hydrogen (secondary N) is 2. The number of para-hydroxylation sites is 1. The van der Waals surface area contributed by atoms with Crippen LogP contribution in [-0.2, 0) is 14.3 Å². The average molecular weight is 438 g/mol. The van der Waals surface area contributed by atoms with Crippen molar-refractivity contribution in [2.45, 2.75) is 44.6 Å². The lowest BCUT2D eigenvalue weighted by Gasteiger charge is -2.37. The Balaban J connectivity index is 1.39. The Labute approximate surface area is 189 Å². The molecule has 2 aliphatic rings. The van der Waals surface area contributed by atoms with E-state index in [9.17, 15) is 9.59 Å². The number of piperidine rings is 1. The van der Waals surface area contributed by atoms with Gasteiger partial charge in [0, 0.05) is 0 Å². The van der Waals surface area contributed by atoms with Gasteiger partial charge >= 0.3 is 0 Å². The van der Waals surface area contributed by atoms with Gasteiger partial charge in [-0.1, -0.05) is 48.9 Å². The van der Waals surface area contributed by atoms with Crippen molar-refractivity contribution in [2.24, 2.45) is 0 Å². The van der Waals surface area contributed by atoms with Gasteiger partial charge in [0.25, 0.3) is 5.91 Å². The van der Waals surface area contributed by atoms with E-state index >= 15 is 0 Å². The first-order valence-corrected chi connectivity index (χ1v) is 11.3. The molecule has 2 saturated heterocycles. The van der Waals surface area contributed by atoms with Crippen molar-refractivity contribution in [3.8, 4) is 0 Å². The second-order valence-electron chi connectivity index (χ2n) is 8.34. The predicted octanol–water partition coefficient (Wildman–Crippen LogP) is 3.34. The van der Waals surface area contributed by atoms with Crippen LogP contribution in [0.25, 0.3) is 0 Å². The van der Waals surface area contributed by atoms with Gasteiger partial charge in [-0.25, -0.2) is 0 Å². The van der Waals surface area contributed by atoms with Crippen molar-refractivity contribution in [3.63, 3.8) is 0 Å². The summed E-state index contributed by atoms with van der Waals surface area (Å²) in [7, 11) is 0. The molecular weight excluding hydrogens is 406 g/mol. The van der Waals surface area contributed by atoms with Crippen molar-refractivity contribution in [3.05, 3.63) is 65.7 Å². The average Bonchev–Trinajstić information content (AvgIpc) is 3.35. The van der Waals surface area contributed by atoms with E-state index in [-0.39, 0.29) is 36.7 Å². The van der Waals surface area contributed by atoms with Crippen molar-refractivity contribution in [2.75, 3.05) is 31.6 Å². The van der Waals surface area contributed by atoms with Crippen LogP contribution >= 0.6 is 0 Å². The molecule has 2 aromatic carbocycles. The lowest BCUT2D eigenvalue weighted by Crippen LogP contribution is -2.50. The predicted molar refractivity (Wildman–Crippen MR) is 122 cm³/mol. The van der Waals surface area contributed by atoms with E-state index in [4.69, 9.17) is 9.47 Å². The number of nitrogens with zero attached hydrogens (tertiary/aromatic N) is 1. The van der Waals surface area contributed by atoms with Gasteiger partial charge in [-0.05, 0) is 44.0 Å². The molecule has 2 N–H and O–H groups in total. The molecule has 2 amide bonds. The summed E-state index contributed by atoms with van der Waals surface area (Å²) in [6, 6.07) is 16.8. The molecule has 32 heavy (non-hydrogen) atoms. The maximum atomic E-state index is 12.9. The molecule has 7 nitrogen and oxygen atoms in total. The second-order valence-corrected chi connectivity index (χ2v) is 8.34. The van der Waals surface area contributed by atoms with Gasteiger partial charge in [0.15, 0.2) is 6.29 Å². The third-order valence-electron chi connectivity index (χ3n) is 6.07. The van der Waals surface area contributed by atoms with Gasteiger partial charge in [0.2, 0.25) is 5.91 Å². The van der Waals surface area contributed by atoms with Crippen molar-refractivity contribution in [1.82, 2.24) is 10.2 Å². The Morgan fingerprint density at radius 1 is 1.03 bits per heavy atom. The Hall–Kier alpha value is -2.74. The molecule has 0 aliphatic carbocycles. The fourth-order valence-electron chi connectivity index (χ4n) is 4.38. The third kappa shape index (κ3) is 5.54. The smallest absolute Gasteiger partial charge is 0.253 e. The molecule has 2 unspecified atom stereocenters. The lowest BCUT2D eigenvalue weighted by molar-refractivity contribution is -0.127. The minimum absolute atomic E-state index is 0.0854. The number of rotatable bonds is 7. The zero-order chi connectivity index (χ0) is 22.3. The molecule has 2 aromatic rings. The molecule has 0 spiro atoms. The highest BCUT2D eigenvalue weighted by molar-refractivity contribution is 6.04. The van der Waals surface area contributed by atoms with E-state index in [0.29, 0.717) is 24.5 Å². The number of ether oxygens (including phenoxy) is 2. The van der Waals surface area contributed by atoms with E-state index in [1.54, 1.807) is 18.2 Å². The lowest BCUT2D eigenvalue weighted by atomic mass is 10.0. The molecular formula is C25H31N3O4. The maximum Gasteiger partial charge on any atom is 0.253 e. The Morgan fingerprint density at radius 3 is 2.53 bits per heavy atom. The molecule has 2 aliphatic heterocycles. The van der Waals surface area contributed by atoms with Gasteiger partial charge in [0.05, 0.1) is 43.1 Å². The third-order valence-corrected chi connectivity index (χ3v) is 6.07. The first-order valence-electron chi connectivity index (χ1n) is 11.3. The number of anilines is 1. The van der Waals surface area contributed by atoms with Gasteiger partial charge < -0.3 is 20.1 Å². The van der Waals surface area contributed by atoms with Gasteiger partial charge in [-0.15, -0.1) is 0 Å². The number of carbonyl (C=O) groups excluding carboxylic acids is 2. The molecule has 4 rings (SSSR count). The summed E-state index contributed by atoms with van der Waals surface area (Å²) in [6.07, 6.45) is 2.84. The van der Waals surface area contributed by atoms with E-state index < -0.39 is 0 Å². The zero-order valence-electron chi connectivity index (χ0n) is 18.5. The molecule has 0 aromatic heterocycles. The minimum Gasteiger partial charge on any atom is -0.349 e. The number of carbonyl (C=O) groups is 2. The highest BCUT2D eigenvalue weighted by atomic mass is 16.7. The Bertz CT molecular complexity index is 914. The molecule has 0 saturated carbocycles. The number of amides is 2. The number of likely N-dealkylation sites (tertiary alicyclic amines) is 1. The summed E-state index contributed by atoms with van der Waals surface area (Å²) in [5.74, 6) is -0.368. The van der Waals surface area contributed by atoms with Crippen molar-refractivity contribution < 1.29 is 19.1 Å². The van der Waals surface area contributed by atoms with Crippen molar-refractivity contribution in [1.29, 1.82) is 0 Å². The fourth-order valence-corrected chi connectivity index (χ4v) is 4.38. The largest absolute Gasteiger partial charge is 0.349 e. The summed E-state index contributed by atoms with van der Waals surface area (Å²) >= 11 is 0. The summed E-state index contributed by atoms with van der Waals surface area (Å²) in [5.41, 5.74) is 1.98. The van der Waals surface area contributed by atoms with E-state index in [0.717, 1.165) is 31.4 Å². The van der Waals surface area contributed by atoms with Crippen LogP contribution in [0.2, 0.25) is 0 Å². The molecule has 2 fully saturated rings. The monoisotopic (exact) mass is 437 g/mol. The molecule has 0 radical (unpaired) electrons. The second kappa shape index (κ2) is 10.7. The highest BCUT2D eigenvalue weighted by Gasteiger charge is 2.34. The van der Waals surface area contributed by atoms with Crippen LogP contribution in [0.1, 0.15) is 48.1 Å². The van der Waals surface area contributed by atoms with Crippen LogP contribution in [0.4, 0.5) is 5.69 Å². The zero-order valence-corrected chi connectivity index (χ0v) is 18.5. The molecule has 2 atom stereocenters. The van der Waals surface area contributed by atoms with Gasteiger partial charge in [-0.3, -0.25) is 14.5 Å². The van der Waals surface area contributed by atoms with E-state index in [2.05, 4.69) is 15.5 Å².